The van der Waals surface area contributed by atoms with E-state index >= 15 is 0 Å². The first-order valence-corrected chi connectivity index (χ1v) is 10.4. The highest BCUT2D eigenvalue weighted by Crippen LogP contribution is 2.29. The van der Waals surface area contributed by atoms with Crippen molar-refractivity contribution in [3.63, 3.8) is 0 Å². The third-order valence-corrected chi connectivity index (χ3v) is 5.09. The summed E-state index contributed by atoms with van der Waals surface area (Å²) in [7, 11) is 1.63. The number of amides is 1. The van der Waals surface area contributed by atoms with Gasteiger partial charge in [0.2, 0.25) is 5.91 Å². The number of nitrogens with zero attached hydrogens (tertiary/aromatic N) is 3. The average molecular weight is 431 g/mol. The van der Waals surface area contributed by atoms with Gasteiger partial charge in [-0.3, -0.25) is 9.36 Å². The molecule has 8 heteroatoms. The number of hydrogen-bond donors (Lipinski definition) is 1. The van der Waals surface area contributed by atoms with Crippen LogP contribution in [-0.2, 0) is 4.79 Å². The van der Waals surface area contributed by atoms with E-state index < -0.39 is 0 Å². The van der Waals surface area contributed by atoms with E-state index in [4.69, 9.17) is 16.3 Å². The van der Waals surface area contributed by atoms with E-state index in [9.17, 15) is 4.79 Å². The van der Waals surface area contributed by atoms with Gasteiger partial charge in [0.15, 0.2) is 11.0 Å². The van der Waals surface area contributed by atoms with E-state index in [1.807, 2.05) is 73.9 Å². The molecule has 29 heavy (non-hydrogen) atoms. The maximum Gasteiger partial charge on any atom is 0.230 e. The lowest BCUT2D eigenvalue weighted by Gasteiger charge is -2.20. The molecule has 0 atom stereocenters. The van der Waals surface area contributed by atoms with Crippen LogP contribution >= 0.6 is 23.4 Å². The fraction of sp³-hybridized carbons (Fsp3) is 0.286. The average Bonchev–Trinajstić information content (AvgIpc) is 3.09. The molecule has 0 aliphatic rings. The summed E-state index contributed by atoms with van der Waals surface area (Å²) in [5.41, 5.74) is 1.47. The first kappa shape index (κ1) is 21.2. The highest BCUT2D eigenvalue weighted by atomic mass is 35.5. The molecule has 0 saturated heterocycles. The molecular formula is C21H23ClN4O2S. The number of benzene rings is 2. The second kappa shape index (κ2) is 8.88. The Hall–Kier alpha value is -2.51. The summed E-state index contributed by atoms with van der Waals surface area (Å²) in [6.45, 7) is 5.86. The molecule has 0 aliphatic heterocycles. The van der Waals surface area contributed by atoms with Crippen molar-refractivity contribution in [2.24, 2.45) is 0 Å². The predicted molar refractivity (Wildman–Crippen MR) is 117 cm³/mol. The highest BCUT2D eigenvalue weighted by molar-refractivity contribution is 7.99. The van der Waals surface area contributed by atoms with Gasteiger partial charge < -0.3 is 10.1 Å². The van der Waals surface area contributed by atoms with Crippen molar-refractivity contribution < 1.29 is 9.53 Å². The van der Waals surface area contributed by atoms with Gasteiger partial charge in [0, 0.05) is 21.8 Å². The minimum atomic E-state index is -0.282. The molecule has 3 rings (SSSR count). The van der Waals surface area contributed by atoms with Gasteiger partial charge >= 0.3 is 0 Å². The molecule has 0 aliphatic carbocycles. The second-order valence-electron chi connectivity index (χ2n) is 7.43. The van der Waals surface area contributed by atoms with E-state index in [0.717, 1.165) is 17.0 Å². The predicted octanol–water partition coefficient (Wildman–Crippen LogP) is 4.60. The Bertz CT molecular complexity index is 979. The second-order valence-corrected chi connectivity index (χ2v) is 8.81. The molecule has 0 saturated carbocycles. The van der Waals surface area contributed by atoms with Gasteiger partial charge in [-0.25, -0.2) is 0 Å². The minimum Gasteiger partial charge on any atom is -0.497 e. The van der Waals surface area contributed by atoms with Gasteiger partial charge in [-0.2, -0.15) is 0 Å². The number of thioether (sulfide) groups is 1. The molecule has 152 valence electrons. The number of carbonyl (C=O) groups excluding carboxylic acids is 1. The summed E-state index contributed by atoms with van der Waals surface area (Å²) in [6.07, 6.45) is 0. The van der Waals surface area contributed by atoms with Gasteiger partial charge in [0.1, 0.15) is 5.75 Å². The van der Waals surface area contributed by atoms with E-state index in [1.165, 1.54) is 11.8 Å². The number of carbonyl (C=O) groups is 1. The monoisotopic (exact) mass is 430 g/mol. The number of ether oxygens (including phenoxy) is 1. The summed E-state index contributed by atoms with van der Waals surface area (Å²) >= 11 is 7.39. The van der Waals surface area contributed by atoms with E-state index in [1.54, 1.807) is 7.11 Å². The van der Waals surface area contributed by atoms with E-state index in [2.05, 4.69) is 15.5 Å². The smallest absolute Gasteiger partial charge is 0.230 e. The standard InChI is InChI=1S/C21H23ClN4O2S/c1-21(2,3)23-18(27)13-29-20-25-24-19(14-5-11-17(28-4)12-6-14)26(20)16-9-7-15(22)8-10-16/h5-12H,13H2,1-4H3,(H,23,27). The van der Waals surface area contributed by atoms with Gasteiger partial charge in [0.25, 0.3) is 0 Å². The fourth-order valence-corrected chi connectivity index (χ4v) is 3.58. The zero-order chi connectivity index (χ0) is 21.0. The van der Waals surface area contributed by atoms with Crippen LogP contribution in [0.5, 0.6) is 5.75 Å². The summed E-state index contributed by atoms with van der Waals surface area (Å²) in [5.74, 6) is 1.62. The van der Waals surface area contributed by atoms with Crippen molar-refractivity contribution in [1.82, 2.24) is 20.1 Å². The van der Waals surface area contributed by atoms with Gasteiger partial charge in [0.05, 0.1) is 12.9 Å². The molecule has 0 fully saturated rings. The molecule has 1 aromatic heterocycles. The van der Waals surface area contributed by atoms with Crippen molar-refractivity contribution in [3.8, 4) is 22.8 Å². The van der Waals surface area contributed by atoms with Crippen LogP contribution in [0.25, 0.3) is 17.1 Å². The molecule has 1 amide bonds. The molecule has 2 aromatic carbocycles. The maximum absolute atomic E-state index is 12.3. The van der Waals surface area contributed by atoms with Crippen LogP contribution in [0.4, 0.5) is 0 Å². The lowest BCUT2D eigenvalue weighted by atomic mass is 10.1. The number of rotatable bonds is 6. The van der Waals surface area contributed by atoms with Crippen LogP contribution in [0.3, 0.4) is 0 Å². The number of hydrogen-bond acceptors (Lipinski definition) is 5. The molecule has 0 bridgehead atoms. The molecule has 0 radical (unpaired) electrons. The van der Waals surface area contributed by atoms with Crippen molar-refractivity contribution >= 4 is 29.3 Å². The quantitative estimate of drug-likeness (QED) is 0.578. The van der Waals surface area contributed by atoms with Crippen molar-refractivity contribution in [1.29, 1.82) is 0 Å². The van der Waals surface area contributed by atoms with Gasteiger partial charge in [-0.15, -0.1) is 10.2 Å². The van der Waals surface area contributed by atoms with Crippen molar-refractivity contribution in [2.75, 3.05) is 12.9 Å². The molecule has 3 aromatic rings. The minimum absolute atomic E-state index is 0.0563. The third-order valence-electron chi connectivity index (χ3n) is 3.91. The topological polar surface area (TPSA) is 69.0 Å². The van der Waals surface area contributed by atoms with E-state index in [0.29, 0.717) is 16.0 Å². The molecule has 1 N–H and O–H groups in total. The Morgan fingerprint density at radius 3 is 2.34 bits per heavy atom. The molecule has 6 nitrogen and oxygen atoms in total. The molecule has 1 heterocycles. The number of methoxy groups -OCH3 is 1. The third kappa shape index (κ3) is 5.52. The van der Waals surface area contributed by atoms with Crippen LogP contribution in [0.1, 0.15) is 20.8 Å². The fourth-order valence-electron chi connectivity index (χ4n) is 2.70. The highest BCUT2D eigenvalue weighted by Gasteiger charge is 2.19. The summed E-state index contributed by atoms with van der Waals surface area (Å²) < 4.78 is 7.16. The number of aromatic nitrogens is 3. The number of halogens is 1. The van der Waals surface area contributed by atoms with Gasteiger partial charge in [-0.05, 0) is 69.3 Å². The number of nitrogens with one attached hydrogen (secondary N) is 1. The summed E-state index contributed by atoms with van der Waals surface area (Å²) in [5, 5.41) is 12.9. The Kier molecular flexibility index (Phi) is 6.49. The first-order chi connectivity index (χ1) is 13.8. The molecule has 0 spiro atoms. The molecule has 0 unspecified atom stereocenters. The largest absolute Gasteiger partial charge is 0.497 e. The Morgan fingerprint density at radius 1 is 1.10 bits per heavy atom. The van der Waals surface area contributed by atoms with Crippen LogP contribution in [-0.4, -0.2) is 39.1 Å². The van der Waals surface area contributed by atoms with Crippen LogP contribution in [0.2, 0.25) is 5.02 Å². The Balaban J connectivity index is 1.94. The van der Waals surface area contributed by atoms with E-state index in [-0.39, 0.29) is 17.2 Å². The lowest BCUT2D eigenvalue weighted by Crippen LogP contribution is -2.41. The molecular weight excluding hydrogens is 408 g/mol. The Labute approximate surface area is 179 Å². The SMILES string of the molecule is COc1ccc(-c2nnc(SCC(=O)NC(C)(C)C)n2-c2ccc(Cl)cc2)cc1. The zero-order valence-corrected chi connectivity index (χ0v) is 18.3. The van der Waals surface area contributed by atoms with Crippen LogP contribution in [0, 0.1) is 0 Å². The van der Waals surface area contributed by atoms with Crippen LogP contribution in [0.15, 0.2) is 53.7 Å². The van der Waals surface area contributed by atoms with Gasteiger partial charge in [-0.1, -0.05) is 23.4 Å². The van der Waals surface area contributed by atoms with Crippen molar-refractivity contribution in [3.05, 3.63) is 53.6 Å². The summed E-state index contributed by atoms with van der Waals surface area (Å²) in [6, 6.07) is 15.0. The maximum atomic E-state index is 12.3. The normalized spacial score (nSPS) is 11.3. The summed E-state index contributed by atoms with van der Waals surface area (Å²) in [4.78, 5) is 12.3. The first-order valence-electron chi connectivity index (χ1n) is 9.06. The lowest BCUT2D eigenvalue weighted by molar-refractivity contribution is -0.119. The van der Waals surface area contributed by atoms with Crippen molar-refractivity contribution in [2.45, 2.75) is 31.5 Å². The zero-order valence-electron chi connectivity index (χ0n) is 16.8. The Morgan fingerprint density at radius 2 is 1.76 bits per heavy atom. The van der Waals surface area contributed by atoms with Crippen LogP contribution < -0.4 is 10.1 Å².